The van der Waals surface area contributed by atoms with Crippen molar-refractivity contribution >= 4 is 11.6 Å². The van der Waals surface area contributed by atoms with Crippen molar-refractivity contribution < 1.29 is 10.2 Å². The van der Waals surface area contributed by atoms with Gasteiger partial charge in [-0.15, -0.1) is 0 Å². The van der Waals surface area contributed by atoms with Gasteiger partial charge in [-0.3, -0.25) is 0 Å². The van der Waals surface area contributed by atoms with Crippen molar-refractivity contribution in [3.8, 4) is 5.75 Å². The Bertz CT molecular complexity index is 545. The number of hydrogen-bond donors (Lipinski definition) is 3. The molecule has 0 fully saturated rings. The first-order chi connectivity index (χ1) is 9.70. The second kappa shape index (κ2) is 7.29. The number of aliphatic hydroxyl groups is 1. The van der Waals surface area contributed by atoms with Crippen LogP contribution in [0.1, 0.15) is 11.1 Å². The van der Waals surface area contributed by atoms with Crippen LogP contribution in [-0.2, 0) is 13.0 Å². The predicted molar refractivity (Wildman–Crippen MR) is 81.0 cm³/mol. The number of aliphatic hydroxyl groups excluding tert-OH is 1. The fourth-order valence-corrected chi connectivity index (χ4v) is 2.25. The van der Waals surface area contributed by atoms with Crippen molar-refractivity contribution in [2.75, 3.05) is 6.61 Å². The van der Waals surface area contributed by atoms with Crippen LogP contribution >= 0.6 is 11.6 Å². The third kappa shape index (κ3) is 3.97. The Kier molecular flexibility index (Phi) is 5.41. The standard InChI is InChI=1S/C16H18ClNO2/c17-15-8-4-7-13(16(15)20)10-18-14(11-19)9-12-5-2-1-3-6-12/h1-8,14,18-20H,9-11H2/t14-/m0/s1. The van der Waals surface area contributed by atoms with Crippen LogP contribution < -0.4 is 5.32 Å². The fraction of sp³-hybridized carbons (Fsp3) is 0.250. The molecule has 1 atom stereocenters. The van der Waals surface area contributed by atoms with E-state index in [0.29, 0.717) is 11.6 Å². The van der Waals surface area contributed by atoms with Crippen molar-refractivity contribution in [2.45, 2.75) is 19.0 Å². The van der Waals surface area contributed by atoms with Crippen LogP contribution in [-0.4, -0.2) is 22.9 Å². The fourth-order valence-electron chi connectivity index (χ4n) is 2.06. The van der Waals surface area contributed by atoms with Crippen LogP contribution in [0.5, 0.6) is 5.75 Å². The first-order valence-electron chi connectivity index (χ1n) is 6.55. The first-order valence-corrected chi connectivity index (χ1v) is 6.93. The summed E-state index contributed by atoms with van der Waals surface area (Å²) < 4.78 is 0. The highest BCUT2D eigenvalue weighted by molar-refractivity contribution is 6.32. The zero-order valence-electron chi connectivity index (χ0n) is 11.1. The van der Waals surface area contributed by atoms with Crippen LogP contribution in [0.25, 0.3) is 0 Å². The Hall–Kier alpha value is -1.55. The van der Waals surface area contributed by atoms with Gasteiger partial charge in [0, 0.05) is 18.2 Å². The number of phenolic OH excluding ortho intramolecular Hbond substituents is 1. The monoisotopic (exact) mass is 291 g/mol. The van der Waals surface area contributed by atoms with Crippen molar-refractivity contribution in [2.24, 2.45) is 0 Å². The van der Waals surface area contributed by atoms with Crippen molar-refractivity contribution in [1.82, 2.24) is 5.32 Å². The zero-order valence-corrected chi connectivity index (χ0v) is 11.8. The molecule has 0 saturated heterocycles. The van der Waals surface area contributed by atoms with Gasteiger partial charge in [0.15, 0.2) is 0 Å². The van der Waals surface area contributed by atoms with E-state index in [-0.39, 0.29) is 18.4 Å². The second-order valence-electron chi connectivity index (χ2n) is 4.70. The average Bonchev–Trinajstić information content (AvgIpc) is 2.48. The molecule has 0 aliphatic heterocycles. The molecule has 0 aliphatic carbocycles. The summed E-state index contributed by atoms with van der Waals surface area (Å²) in [5.41, 5.74) is 1.89. The number of aromatic hydroxyl groups is 1. The maximum absolute atomic E-state index is 9.84. The largest absolute Gasteiger partial charge is 0.506 e. The third-order valence-corrected chi connectivity index (χ3v) is 3.50. The van der Waals surface area contributed by atoms with Gasteiger partial charge >= 0.3 is 0 Å². The highest BCUT2D eigenvalue weighted by Gasteiger charge is 2.10. The van der Waals surface area contributed by atoms with E-state index in [0.717, 1.165) is 17.5 Å². The normalized spacial score (nSPS) is 12.3. The molecule has 0 saturated carbocycles. The van der Waals surface area contributed by atoms with Gasteiger partial charge in [-0.1, -0.05) is 54.1 Å². The van der Waals surface area contributed by atoms with Crippen molar-refractivity contribution in [3.63, 3.8) is 0 Å². The summed E-state index contributed by atoms with van der Waals surface area (Å²) >= 11 is 5.87. The summed E-state index contributed by atoms with van der Waals surface area (Å²) in [6.45, 7) is 0.501. The van der Waals surface area contributed by atoms with Crippen LogP contribution in [0.15, 0.2) is 48.5 Å². The molecule has 3 nitrogen and oxygen atoms in total. The van der Waals surface area contributed by atoms with Crippen LogP contribution in [0, 0.1) is 0 Å². The minimum absolute atomic E-state index is 0.0379. The Morgan fingerprint density at radius 3 is 2.50 bits per heavy atom. The lowest BCUT2D eigenvalue weighted by molar-refractivity contribution is 0.240. The SMILES string of the molecule is OC[C@H](Cc1ccccc1)NCc1cccc(Cl)c1O. The summed E-state index contributed by atoms with van der Waals surface area (Å²) in [5.74, 6) is 0.0954. The molecule has 0 heterocycles. The average molecular weight is 292 g/mol. The molecule has 4 heteroatoms. The molecule has 0 amide bonds. The smallest absolute Gasteiger partial charge is 0.138 e. The molecule has 106 valence electrons. The Morgan fingerprint density at radius 2 is 1.80 bits per heavy atom. The molecule has 3 N–H and O–H groups in total. The van der Waals surface area contributed by atoms with E-state index in [2.05, 4.69) is 5.32 Å². The molecule has 0 spiro atoms. The summed E-state index contributed by atoms with van der Waals surface area (Å²) in [5, 5.41) is 22.9. The highest BCUT2D eigenvalue weighted by atomic mass is 35.5. The van der Waals surface area contributed by atoms with Crippen LogP contribution in [0.3, 0.4) is 0 Å². The van der Waals surface area contributed by atoms with E-state index in [1.165, 1.54) is 0 Å². The molecule has 2 aromatic rings. The number of benzene rings is 2. The number of para-hydroxylation sites is 1. The van der Waals surface area contributed by atoms with Gasteiger partial charge in [-0.05, 0) is 18.1 Å². The van der Waals surface area contributed by atoms with Crippen molar-refractivity contribution in [3.05, 3.63) is 64.7 Å². The highest BCUT2D eigenvalue weighted by Crippen LogP contribution is 2.26. The van der Waals surface area contributed by atoms with Gasteiger partial charge in [0.25, 0.3) is 0 Å². The summed E-state index contributed by atoms with van der Waals surface area (Å²) in [7, 11) is 0. The number of phenols is 1. The number of hydrogen-bond acceptors (Lipinski definition) is 3. The number of nitrogens with one attached hydrogen (secondary N) is 1. The lowest BCUT2D eigenvalue weighted by Crippen LogP contribution is -2.34. The van der Waals surface area contributed by atoms with Gasteiger partial charge in [-0.2, -0.15) is 0 Å². The quantitative estimate of drug-likeness (QED) is 0.767. The Labute approximate surface area is 123 Å². The van der Waals surface area contributed by atoms with E-state index >= 15 is 0 Å². The lowest BCUT2D eigenvalue weighted by atomic mass is 10.1. The Balaban J connectivity index is 1.95. The second-order valence-corrected chi connectivity index (χ2v) is 5.10. The number of rotatable bonds is 6. The Morgan fingerprint density at radius 1 is 1.05 bits per heavy atom. The molecular formula is C16H18ClNO2. The topological polar surface area (TPSA) is 52.5 Å². The van der Waals surface area contributed by atoms with E-state index in [1.54, 1.807) is 12.1 Å². The third-order valence-electron chi connectivity index (χ3n) is 3.20. The lowest BCUT2D eigenvalue weighted by Gasteiger charge is -2.17. The maximum Gasteiger partial charge on any atom is 0.138 e. The molecule has 20 heavy (non-hydrogen) atoms. The van der Waals surface area contributed by atoms with Crippen LogP contribution in [0.2, 0.25) is 5.02 Å². The van der Waals surface area contributed by atoms with Gasteiger partial charge in [0.2, 0.25) is 0 Å². The molecule has 2 rings (SSSR count). The van der Waals surface area contributed by atoms with E-state index in [4.69, 9.17) is 11.6 Å². The molecule has 0 radical (unpaired) electrons. The molecule has 2 aromatic carbocycles. The predicted octanol–water partition coefficient (Wildman–Crippen LogP) is 2.74. The minimum Gasteiger partial charge on any atom is -0.506 e. The molecule has 0 aliphatic rings. The summed E-state index contributed by atoms with van der Waals surface area (Å²) in [4.78, 5) is 0. The molecule has 0 unspecified atom stereocenters. The molecule has 0 aromatic heterocycles. The minimum atomic E-state index is -0.0595. The summed E-state index contributed by atoms with van der Waals surface area (Å²) in [6.07, 6.45) is 0.735. The summed E-state index contributed by atoms with van der Waals surface area (Å²) in [6, 6.07) is 15.2. The van der Waals surface area contributed by atoms with Gasteiger partial charge in [0.05, 0.1) is 11.6 Å². The van der Waals surface area contributed by atoms with E-state index < -0.39 is 0 Å². The molecular weight excluding hydrogens is 274 g/mol. The van der Waals surface area contributed by atoms with E-state index in [9.17, 15) is 10.2 Å². The van der Waals surface area contributed by atoms with Gasteiger partial charge in [-0.25, -0.2) is 0 Å². The van der Waals surface area contributed by atoms with Gasteiger partial charge < -0.3 is 15.5 Å². The van der Waals surface area contributed by atoms with Gasteiger partial charge in [0.1, 0.15) is 5.75 Å². The number of halogens is 1. The maximum atomic E-state index is 9.84. The zero-order chi connectivity index (χ0) is 14.4. The first kappa shape index (κ1) is 14.9. The van der Waals surface area contributed by atoms with Crippen LogP contribution in [0.4, 0.5) is 0 Å². The van der Waals surface area contributed by atoms with Crippen molar-refractivity contribution in [1.29, 1.82) is 0 Å². The van der Waals surface area contributed by atoms with E-state index in [1.807, 2.05) is 36.4 Å². The molecule has 0 bridgehead atoms.